The number of hydrogen-bond donors (Lipinski definition) is 1. The Morgan fingerprint density at radius 2 is 1.25 bits per heavy atom. The summed E-state index contributed by atoms with van der Waals surface area (Å²) in [7, 11) is 0. The van der Waals surface area contributed by atoms with Gasteiger partial charge >= 0.3 is 0 Å². The van der Waals surface area contributed by atoms with Gasteiger partial charge in [0.1, 0.15) is 11.6 Å². The van der Waals surface area contributed by atoms with Crippen molar-refractivity contribution in [2.75, 3.05) is 4.90 Å². The maximum atomic E-state index is 12.0. The lowest BCUT2D eigenvalue weighted by atomic mass is 9.69. The van der Waals surface area contributed by atoms with Crippen LogP contribution in [0.1, 0.15) is 101 Å². The van der Waals surface area contributed by atoms with Crippen molar-refractivity contribution in [3.8, 4) is 39.4 Å². The van der Waals surface area contributed by atoms with Crippen LogP contribution in [-0.4, -0.2) is 15.1 Å². The molecular weight excluding hydrogens is 695 g/mol. The molecular formula is C53H51N3O. The van der Waals surface area contributed by atoms with Gasteiger partial charge in [-0.2, -0.15) is 0 Å². The Balaban J connectivity index is 1.33. The normalized spacial score (nSPS) is 14.6. The molecule has 5 aromatic carbocycles. The number of phenols is 1. The predicted molar refractivity (Wildman–Crippen MR) is 236 cm³/mol. The summed E-state index contributed by atoms with van der Waals surface area (Å²) in [5.74, 6) is 0.891. The SMILES string of the molecule is [2H]C([2H])([2H])c1cccc(-c2cccc(N(c3ccc4c(n3)-c3c(O)cccc3C43c4cc(C(C)(C)C)ccc4-c4ccc(C(C)(C)C)cc43)c3c(C)cc(C)cc3C)c2)n1. The van der Waals surface area contributed by atoms with E-state index in [0.29, 0.717) is 11.5 Å². The van der Waals surface area contributed by atoms with E-state index in [2.05, 4.69) is 151 Å². The zero-order chi connectivity index (χ0) is 42.7. The highest BCUT2D eigenvalue weighted by molar-refractivity contribution is 5.96. The fourth-order valence-corrected chi connectivity index (χ4v) is 9.45. The zero-order valence-corrected chi connectivity index (χ0v) is 34.3. The third kappa shape index (κ3) is 5.63. The Kier molecular flexibility index (Phi) is 7.42. The fraction of sp³-hybridized carbons (Fsp3) is 0.245. The molecule has 4 nitrogen and oxygen atoms in total. The van der Waals surface area contributed by atoms with Crippen molar-refractivity contribution in [1.82, 2.24) is 9.97 Å². The lowest BCUT2D eigenvalue weighted by molar-refractivity contribution is 0.476. The van der Waals surface area contributed by atoms with Crippen LogP contribution in [0.15, 0.2) is 121 Å². The van der Waals surface area contributed by atoms with Gasteiger partial charge in [-0.1, -0.05) is 132 Å². The topological polar surface area (TPSA) is 49.2 Å². The van der Waals surface area contributed by atoms with E-state index >= 15 is 0 Å². The molecule has 0 unspecified atom stereocenters. The second-order valence-corrected chi connectivity index (χ2v) is 18.1. The van der Waals surface area contributed by atoms with Crippen LogP contribution in [-0.2, 0) is 16.2 Å². The number of aromatic nitrogens is 2. The summed E-state index contributed by atoms with van der Waals surface area (Å²) in [5.41, 5.74) is 16.6. The first kappa shape index (κ1) is 33.2. The molecule has 4 heteroatoms. The van der Waals surface area contributed by atoms with Crippen LogP contribution in [0.25, 0.3) is 33.6 Å². The molecule has 0 saturated heterocycles. The molecule has 9 rings (SSSR count). The van der Waals surface area contributed by atoms with Gasteiger partial charge < -0.3 is 5.11 Å². The lowest BCUT2D eigenvalue weighted by Gasteiger charge is -2.33. The summed E-state index contributed by atoms with van der Waals surface area (Å²) in [5, 5.41) is 12.0. The van der Waals surface area contributed by atoms with Gasteiger partial charge in [0.05, 0.1) is 22.5 Å². The maximum absolute atomic E-state index is 12.0. The smallest absolute Gasteiger partial charge is 0.138 e. The van der Waals surface area contributed by atoms with E-state index in [0.717, 1.165) is 50.4 Å². The van der Waals surface area contributed by atoms with Crippen molar-refractivity contribution >= 4 is 17.2 Å². The van der Waals surface area contributed by atoms with Gasteiger partial charge in [-0.25, -0.2) is 4.98 Å². The number of aryl methyl sites for hydroxylation is 4. The minimum absolute atomic E-state index is 0.0551. The number of phenolic OH excluding ortho intramolecular Hbond substituents is 1. The molecule has 0 saturated carbocycles. The van der Waals surface area contributed by atoms with Crippen LogP contribution in [0, 0.1) is 27.6 Å². The van der Waals surface area contributed by atoms with Crippen LogP contribution in [0.4, 0.5) is 17.2 Å². The van der Waals surface area contributed by atoms with Gasteiger partial charge in [0.2, 0.25) is 0 Å². The minimum Gasteiger partial charge on any atom is -0.507 e. The molecule has 2 aromatic heterocycles. The quantitative estimate of drug-likeness (QED) is 0.195. The summed E-state index contributed by atoms with van der Waals surface area (Å²) in [4.78, 5) is 12.4. The Bertz CT molecular complexity index is 2810. The van der Waals surface area contributed by atoms with Crippen molar-refractivity contribution in [3.05, 3.63) is 177 Å². The molecule has 0 amide bonds. The van der Waals surface area contributed by atoms with E-state index in [-0.39, 0.29) is 22.3 Å². The Morgan fingerprint density at radius 3 is 1.88 bits per heavy atom. The Hall–Kier alpha value is -6.00. The standard InChI is InChI=1S/C53H51N3O/c1-31-26-32(2)50(33(3)27-31)56(38-16-12-15-35(28-38)45-18-11-14-34(4)54-45)47-25-24-42-49(55-47)48-41(17-13-19-46(48)57)53(42)43-29-36(51(5,6)7)20-22-39(43)40-23-21-37(30-44(40)53)52(8,9)10/h11-30,57H,1-10H3/i4D3. The number of benzene rings is 5. The van der Waals surface area contributed by atoms with Gasteiger partial charge in [-0.05, 0) is 130 Å². The van der Waals surface area contributed by atoms with E-state index in [1.165, 1.54) is 38.9 Å². The van der Waals surface area contributed by atoms with Crippen molar-refractivity contribution in [2.45, 2.75) is 85.4 Å². The van der Waals surface area contributed by atoms with Crippen LogP contribution >= 0.6 is 0 Å². The molecule has 0 aliphatic heterocycles. The van der Waals surface area contributed by atoms with Crippen LogP contribution in [0.2, 0.25) is 0 Å². The third-order valence-electron chi connectivity index (χ3n) is 12.1. The molecule has 0 fully saturated rings. The largest absolute Gasteiger partial charge is 0.507 e. The molecule has 0 radical (unpaired) electrons. The maximum Gasteiger partial charge on any atom is 0.138 e. The number of pyridine rings is 2. The van der Waals surface area contributed by atoms with E-state index in [9.17, 15) is 5.11 Å². The van der Waals surface area contributed by atoms with E-state index in [4.69, 9.17) is 9.10 Å². The van der Waals surface area contributed by atoms with Crippen molar-refractivity contribution < 1.29 is 9.22 Å². The third-order valence-corrected chi connectivity index (χ3v) is 12.1. The summed E-state index contributed by atoms with van der Waals surface area (Å²) >= 11 is 0. The number of hydrogen-bond acceptors (Lipinski definition) is 4. The second kappa shape index (κ2) is 12.8. The first-order valence-electron chi connectivity index (χ1n) is 21.4. The molecule has 2 heterocycles. The molecule has 0 bridgehead atoms. The molecule has 0 atom stereocenters. The fourth-order valence-electron chi connectivity index (χ4n) is 9.45. The Morgan fingerprint density at radius 1 is 0.614 bits per heavy atom. The minimum atomic E-state index is -2.33. The lowest BCUT2D eigenvalue weighted by Crippen LogP contribution is -2.27. The molecule has 7 aromatic rings. The molecule has 1 spiro atoms. The average molecular weight is 749 g/mol. The van der Waals surface area contributed by atoms with Gasteiger partial charge in [-0.15, -0.1) is 0 Å². The summed E-state index contributed by atoms with van der Waals surface area (Å²) < 4.78 is 24.0. The highest BCUT2D eigenvalue weighted by atomic mass is 16.3. The summed E-state index contributed by atoms with van der Waals surface area (Å²) in [6.07, 6.45) is 0. The number of rotatable bonds is 4. The number of aromatic hydroxyl groups is 1. The second-order valence-electron chi connectivity index (χ2n) is 18.1. The van der Waals surface area contributed by atoms with Gasteiger partial charge in [-0.3, -0.25) is 9.88 Å². The zero-order valence-electron chi connectivity index (χ0n) is 37.3. The van der Waals surface area contributed by atoms with Crippen LogP contribution in [0.3, 0.4) is 0 Å². The van der Waals surface area contributed by atoms with E-state index in [1.807, 2.05) is 24.3 Å². The predicted octanol–water partition coefficient (Wildman–Crippen LogP) is 13.5. The molecule has 284 valence electrons. The van der Waals surface area contributed by atoms with Crippen LogP contribution in [0.5, 0.6) is 5.75 Å². The van der Waals surface area contributed by atoms with Gasteiger partial charge in [0.15, 0.2) is 0 Å². The highest BCUT2D eigenvalue weighted by Gasteiger charge is 2.54. The highest BCUT2D eigenvalue weighted by Crippen LogP contribution is 2.64. The van der Waals surface area contributed by atoms with Gasteiger partial charge in [0.25, 0.3) is 0 Å². The van der Waals surface area contributed by atoms with E-state index < -0.39 is 12.3 Å². The van der Waals surface area contributed by atoms with Crippen LogP contribution < -0.4 is 4.90 Å². The first-order valence-corrected chi connectivity index (χ1v) is 19.9. The Labute approximate surface area is 342 Å². The molecule has 2 aliphatic carbocycles. The van der Waals surface area contributed by atoms with Crippen molar-refractivity contribution in [1.29, 1.82) is 0 Å². The van der Waals surface area contributed by atoms with E-state index in [1.54, 1.807) is 18.2 Å². The molecule has 1 N–H and O–H groups in total. The van der Waals surface area contributed by atoms with Crippen molar-refractivity contribution in [2.24, 2.45) is 0 Å². The average Bonchev–Trinajstić information content (AvgIpc) is 3.65. The summed E-state index contributed by atoms with van der Waals surface area (Å²) in [6.45, 7) is 17.6. The monoisotopic (exact) mass is 748 g/mol. The first-order chi connectivity index (χ1) is 28.3. The molecule has 2 aliphatic rings. The molecule has 57 heavy (non-hydrogen) atoms. The van der Waals surface area contributed by atoms with Crippen molar-refractivity contribution in [3.63, 3.8) is 0 Å². The number of nitrogens with zero attached hydrogens (tertiary/aromatic N) is 3. The van der Waals surface area contributed by atoms with Gasteiger partial charge in [0, 0.05) is 26.6 Å². The number of anilines is 3. The number of fused-ring (bicyclic) bond motifs is 10. The summed E-state index contributed by atoms with van der Waals surface area (Å²) in [6, 6.07) is 41.8.